The molecule has 0 aromatic heterocycles. The average molecular weight is 124 g/mol. The van der Waals surface area contributed by atoms with Gasteiger partial charge in [0.1, 0.15) is 0 Å². The summed E-state index contributed by atoms with van der Waals surface area (Å²) in [7, 11) is 0. The molecule has 0 spiro atoms. The lowest BCUT2D eigenvalue weighted by Gasteiger charge is -1.87. The molecule has 2 N–H and O–H groups in total. The quantitative estimate of drug-likeness (QED) is 0.556. The van der Waals surface area contributed by atoms with Crippen LogP contribution >= 0.6 is 0 Å². The molecule has 0 aliphatic rings. The van der Waals surface area contributed by atoms with E-state index in [0.717, 1.165) is 5.70 Å². The Morgan fingerprint density at radius 2 is 2.22 bits per heavy atom. The molecule has 0 aliphatic carbocycles. The van der Waals surface area contributed by atoms with Gasteiger partial charge in [-0.05, 0) is 13.8 Å². The molecule has 0 rings (SSSR count). The van der Waals surface area contributed by atoms with E-state index in [-0.39, 0.29) is 0 Å². The predicted octanol–water partition coefficient (Wildman–Crippen LogP) is 1.45. The van der Waals surface area contributed by atoms with Gasteiger partial charge < -0.3 is 5.73 Å². The third-order valence-corrected chi connectivity index (χ3v) is 0.852. The summed E-state index contributed by atoms with van der Waals surface area (Å²) in [6.45, 7) is 7.29. The number of nitrogens with two attached hydrogens (primary N) is 1. The molecule has 50 valence electrons. The van der Waals surface area contributed by atoms with E-state index in [4.69, 9.17) is 5.73 Å². The lowest BCUT2D eigenvalue weighted by Crippen LogP contribution is -1.94. The highest BCUT2D eigenvalue weighted by Gasteiger charge is 1.76. The molecule has 0 aliphatic heterocycles. The number of aliphatic imine (C=N–C) groups is 1. The van der Waals surface area contributed by atoms with Crippen LogP contribution in [0.25, 0.3) is 0 Å². The highest BCUT2D eigenvalue weighted by atomic mass is 14.7. The highest BCUT2D eigenvalue weighted by Crippen LogP contribution is 1.91. The molecule has 0 amide bonds. The summed E-state index contributed by atoms with van der Waals surface area (Å²) in [5.41, 5.74) is 6.65. The molecule has 0 fully saturated rings. The summed E-state index contributed by atoms with van der Waals surface area (Å²) in [6, 6.07) is 0. The lowest BCUT2D eigenvalue weighted by atomic mass is 10.4. The minimum absolute atomic E-state index is 0.483. The maximum absolute atomic E-state index is 5.22. The fraction of sp³-hybridized carbons (Fsp3) is 0.286. The van der Waals surface area contributed by atoms with Crippen molar-refractivity contribution in [2.24, 2.45) is 10.7 Å². The van der Waals surface area contributed by atoms with Crippen molar-refractivity contribution < 1.29 is 0 Å². The second kappa shape index (κ2) is 3.89. The SMILES string of the molecule is C=C(N)C=N/C(C)=C\C. The fourth-order valence-corrected chi connectivity index (χ4v) is 0.259. The van der Waals surface area contributed by atoms with Gasteiger partial charge in [-0.1, -0.05) is 12.7 Å². The number of allylic oxidation sites excluding steroid dienone is 3. The van der Waals surface area contributed by atoms with Crippen molar-refractivity contribution in [2.75, 3.05) is 0 Å². The number of nitrogens with zero attached hydrogens (tertiary/aromatic N) is 1. The Morgan fingerprint density at radius 1 is 1.67 bits per heavy atom. The Bertz CT molecular complexity index is 154. The average Bonchev–Trinajstić information content (AvgIpc) is 1.83. The summed E-state index contributed by atoms with van der Waals surface area (Å²) in [4.78, 5) is 3.95. The first-order chi connectivity index (χ1) is 4.16. The summed E-state index contributed by atoms with van der Waals surface area (Å²) in [5.74, 6) is 0. The molecule has 0 aromatic carbocycles. The highest BCUT2D eigenvalue weighted by molar-refractivity contribution is 5.76. The molecular weight excluding hydrogens is 112 g/mol. The van der Waals surface area contributed by atoms with Gasteiger partial charge in [-0.2, -0.15) is 0 Å². The third-order valence-electron chi connectivity index (χ3n) is 0.852. The molecule has 0 heterocycles. The first kappa shape index (κ1) is 7.95. The lowest BCUT2D eigenvalue weighted by molar-refractivity contribution is 1.29. The van der Waals surface area contributed by atoms with Crippen LogP contribution in [0.1, 0.15) is 13.8 Å². The first-order valence-corrected chi connectivity index (χ1v) is 2.78. The molecular formula is C7H12N2. The van der Waals surface area contributed by atoms with Crippen molar-refractivity contribution in [3.63, 3.8) is 0 Å². The Morgan fingerprint density at radius 3 is 2.56 bits per heavy atom. The third kappa shape index (κ3) is 4.81. The normalized spacial score (nSPS) is 12.4. The summed E-state index contributed by atoms with van der Waals surface area (Å²) >= 11 is 0. The monoisotopic (exact) mass is 124 g/mol. The van der Waals surface area contributed by atoms with Gasteiger partial charge in [0, 0.05) is 17.6 Å². The van der Waals surface area contributed by atoms with Gasteiger partial charge in [0.25, 0.3) is 0 Å². The minimum atomic E-state index is 0.483. The summed E-state index contributed by atoms with van der Waals surface area (Å²) in [5, 5.41) is 0. The van der Waals surface area contributed by atoms with E-state index < -0.39 is 0 Å². The van der Waals surface area contributed by atoms with E-state index in [0.29, 0.717) is 5.70 Å². The van der Waals surface area contributed by atoms with Crippen LogP contribution in [0.4, 0.5) is 0 Å². The largest absolute Gasteiger partial charge is 0.398 e. The van der Waals surface area contributed by atoms with Crippen LogP contribution in [0, 0.1) is 0 Å². The van der Waals surface area contributed by atoms with Crippen LogP contribution < -0.4 is 5.73 Å². The summed E-state index contributed by atoms with van der Waals surface area (Å²) < 4.78 is 0. The van der Waals surface area contributed by atoms with Crippen molar-refractivity contribution in [2.45, 2.75) is 13.8 Å². The Hall–Kier alpha value is -1.05. The van der Waals surface area contributed by atoms with Gasteiger partial charge in [-0.15, -0.1) is 0 Å². The van der Waals surface area contributed by atoms with Crippen LogP contribution in [0.5, 0.6) is 0 Å². The maximum atomic E-state index is 5.22. The Balaban J connectivity index is 3.86. The van der Waals surface area contributed by atoms with Crippen LogP contribution in [0.15, 0.2) is 29.0 Å². The van der Waals surface area contributed by atoms with Gasteiger partial charge >= 0.3 is 0 Å². The number of rotatable bonds is 2. The smallest absolute Gasteiger partial charge is 0.0494 e. The van der Waals surface area contributed by atoms with Gasteiger partial charge in [-0.3, -0.25) is 4.99 Å². The van der Waals surface area contributed by atoms with E-state index in [1.807, 2.05) is 19.9 Å². The van der Waals surface area contributed by atoms with Gasteiger partial charge in [0.15, 0.2) is 0 Å². The van der Waals surface area contributed by atoms with E-state index in [1.165, 1.54) is 6.21 Å². The molecule has 0 saturated carbocycles. The molecule has 0 aromatic rings. The van der Waals surface area contributed by atoms with Crippen molar-refractivity contribution in [1.82, 2.24) is 0 Å². The van der Waals surface area contributed by atoms with Crippen LogP contribution in [0.2, 0.25) is 0 Å². The number of hydrogen-bond acceptors (Lipinski definition) is 2. The van der Waals surface area contributed by atoms with Crippen LogP contribution in [-0.4, -0.2) is 6.21 Å². The van der Waals surface area contributed by atoms with E-state index in [1.54, 1.807) is 0 Å². The van der Waals surface area contributed by atoms with Crippen LogP contribution in [-0.2, 0) is 0 Å². The second-order valence-electron chi connectivity index (χ2n) is 1.76. The topological polar surface area (TPSA) is 38.4 Å². The maximum Gasteiger partial charge on any atom is 0.0494 e. The molecule has 0 atom stereocenters. The van der Waals surface area contributed by atoms with E-state index in [2.05, 4.69) is 11.6 Å². The zero-order chi connectivity index (χ0) is 7.28. The zero-order valence-corrected chi connectivity index (χ0v) is 5.89. The van der Waals surface area contributed by atoms with Crippen molar-refractivity contribution in [3.05, 3.63) is 24.0 Å². The Labute approximate surface area is 55.8 Å². The molecule has 2 heteroatoms. The molecule has 0 unspecified atom stereocenters. The Kier molecular flexibility index (Phi) is 3.44. The first-order valence-electron chi connectivity index (χ1n) is 2.78. The van der Waals surface area contributed by atoms with Gasteiger partial charge in [0.05, 0.1) is 0 Å². The van der Waals surface area contributed by atoms with Crippen LogP contribution in [0.3, 0.4) is 0 Å². The van der Waals surface area contributed by atoms with Crippen molar-refractivity contribution in [1.29, 1.82) is 0 Å². The van der Waals surface area contributed by atoms with Gasteiger partial charge in [-0.25, -0.2) is 0 Å². The molecule has 0 saturated heterocycles. The standard InChI is InChI=1S/C7H12N2/c1-4-7(3)9-5-6(2)8/h4-5H,2,8H2,1,3H3/b7-4-,9-5?. The minimum Gasteiger partial charge on any atom is -0.398 e. The molecule has 0 bridgehead atoms. The summed E-state index contributed by atoms with van der Waals surface area (Å²) in [6.07, 6.45) is 3.44. The predicted molar refractivity (Wildman–Crippen MR) is 41.3 cm³/mol. The van der Waals surface area contributed by atoms with E-state index >= 15 is 0 Å². The molecule has 0 radical (unpaired) electrons. The zero-order valence-electron chi connectivity index (χ0n) is 5.89. The van der Waals surface area contributed by atoms with Crippen molar-refractivity contribution >= 4 is 6.21 Å². The second-order valence-corrected chi connectivity index (χ2v) is 1.76. The van der Waals surface area contributed by atoms with E-state index in [9.17, 15) is 0 Å². The fourth-order valence-electron chi connectivity index (χ4n) is 0.259. The van der Waals surface area contributed by atoms with Crippen molar-refractivity contribution in [3.8, 4) is 0 Å². The van der Waals surface area contributed by atoms with Gasteiger partial charge in [0.2, 0.25) is 0 Å². The number of hydrogen-bond donors (Lipinski definition) is 1. The molecule has 9 heavy (non-hydrogen) atoms. The molecule has 2 nitrogen and oxygen atoms in total.